The van der Waals surface area contributed by atoms with Gasteiger partial charge in [0, 0.05) is 23.0 Å². The topological polar surface area (TPSA) is 43.0 Å². The van der Waals surface area contributed by atoms with Crippen molar-refractivity contribution < 1.29 is 17.6 Å². The van der Waals surface area contributed by atoms with Gasteiger partial charge in [-0.05, 0) is 36.4 Å². The molecule has 0 amide bonds. The lowest BCUT2D eigenvalue weighted by molar-refractivity contribution is -0.137. The molecule has 0 fully saturated rings. The Morgan fingerprint density at radius 2 is 1.82 bits per heavy atom. The van der Waals surface area contributed by atoms with E-state index >= 15 is 0 Å². The Hall–Kier alpha value is -3.48. The normalized spacial score (nSPS) is 15.6. The number of halogens is 3. The molecule has 0 radical (unpaired) electrons. The van der Waals surface area contributed by atoms with Gasteiger partial charge in [-0.15, -0.1) is 0 Å². The first-order valence-corrected chi connectivity index (χ1v) is 8.67. The third-order valence-electron chi connectivity index (χ3n) is 4.78. The summed E-state index contributed by atoms with van der Waals surface area (Å²) in [6.45, 7) is 0. The zero-order chi connectivity index (χ0) is 19.3. The largest absolute Gasteiger partial charge is 0.457 e. The first-order valence-electron chi connectivity index (χ1n) is 8.67. The van der Waals surface area contributed by atoms with Crippen LogP contribution in [0.3, 0.4) is 0 Å². The fourth-order valence-electron chi connectivity index (χ4n) is 3.47. The Balaban J connectivity index is 1.53. The number of fused-ring (bicyclic) bond motifs is 3. The van der Waals surface area contributed by atoms with Crippen LogP contribution in [0.2, 0.25) is 0 Å². The lowest BCUT2D eigenvalue weighted by Crippen LogP contribution is -2.25. The maximum Gasteiger partial charge on any atom is 0.416 e. The van der Waals surface area contributed by atoms with Crippen molar-refractivity contribution in [1.82, 2.24) is 9.78 Å². The van der Waals surface area contributed by atoms with E-state index in [0.29, 0.717) is 17.1 Å². The maximum absolute atomic E-state index is 13.0. The Morgan fingerprint density at radius 1 is 0.964 bits per heavy atom. The van der Waals surface area contributed by atoms with Gasteiger partial charge < -0.3 is 9.73 Å². The van der Waals surface area contributed by atoms with E-state index in [-0.39, 0.29) is 6.17 Å². The molecular formula is C21H14F3N3O. The van der Waals surface area contributed by atoms with Crippen molar-refractivity contribution in [2.45, 2.75) is 12.3 Å². The molecule has 3 heterocycles. The molecule has 4 aromatic rings. The van der Waals surface area contributed by atoms with E-state index in [0.717, 1.165) is 29.1 Å². The minimum atomic E-state index is -4.40. The number of nitrogens with one attached hydrogen (secondary N) is 1. The van der Waals surface area contributed by atoms with Crippen LogP contribution in [0.15, 0.2) is 77.3 Å². The zero-order valence-corrected chi connectivity index (χ0v) is 14.4. The predicted octanol–water partition coefficient (Wildman–Crippen LogP) is 5.80. The van der Waals surface area contributed by atoms with Crippen LogP contribution in [-0.4, -0.2) is 9.78 Å². The van der Waals surface area contributed by atoms with Gasteiger partial charge in [0.15, 0.2) is 6.17 Å². The molecule has 7 heteroatoms. The predicted molar refractivity (Wildman–Crippen MR) is 98.6 cm³/mol. The molecule has 0 saturated heterocycles. The highest BCUT2D eigenvalue weighted by molar-refractivity contribution is 5.78. The molecule has 1 N–H and O–H groups in total. The third kappa shape index (κ3) is 2.67. The van der Waals surface area contributed by atoms with Crippen molar-refractivity contribution >= 4 is 5.69 Å². The van der Waals surface area contributed by atoms with Gasteiger partial charge in [0.1, 0.15) is 11.5 Å². The monoisotopic (exact) mass is 381 g/mol. The third-order valence-corrected chi connectivity index (χ3v) is 4.78. The van der Waals surface area contributed by atoms with Gasteiger partial charge in [-0.2, -0.15) is 18.3 Å². The average molecular weight is 381 g/mol. The molecule has 2 aromatic carbocycles. The molecule has 1 atom stereocenters. The summed E-state index contributed by atoms with van der Waals surface area (Å²) in [5.74, 6) is 0.933. The number of rotatable bonds is 2. The molecule has 4 nitrogen and oxygen atoms in total. The summed E-state index contributed by atoms with van der Waals surface area (Å²) in [4.78, 5) is 0. The molecule has 1 aliphatic rings. The minimum absolute atomic E-state index is 0.371. The summed E-state index contributed by atoms with van der Waals surface area (Å²) in [7, 11) is 0. The second-order valence-corrected chi connectivity index (χ2v) is 6.53. The molecule has 0 bridgehead atoms. The number of para-hydroxylation sites is 1. The van der Waals surface area contributed by atoms with E-state index in [1.165, 1.54) is 6.07 Å². The Kier molecular flexibility index (Phi) is 3.58. The summed E-state index contributed by atoms with van der Waals surface area (Å²) in [5.41, 5.74) is 2.58. The van der Waals surface area contributed by atoms with E-state index < -0.39 is 11.7 Å². The van der Waals surface area contributed by atoms with Crippen LogP contribution in [0.1, 0.15) is 17.5 Å². The number of hydrogen-bond acceptors (Lipinski definition) is 3. The Morgan fingerprint density at radius 3 is 2.68 bits per heavy atom. The van der Waals surface area contributed by atoms with E-state index in [1.54, 1.807) is 29.1 Å². The van der Waals surface area contributed by atoms with E-state index in [1.807, 2.05) is 30.3 Å². The molecule has 0 saturated carbocycles. The van der Waals surface area contributed by atoms with Crippen LogP contribution >= 0.6 is 0 Å². The minimum Gasteiger partial charge on any atom is -0.457 e. The number of benzene rings is 2. The first-order chi connectivity index (χ1) is 13.5. The fourth-order valence-corrected chi connectivity index (χ4v) is 3.47. The number of anilines is 1. The molecular weight excluding hydrogens is 367 g/mol. The molecule has 0 spiro atoms. The lowest BCUT2D eigenvalue weighted by atomic mass is 10.1. The first kappa shape index (κ1) is 16.7. The van der Waals surface area contributed by atoms with Gasteiger partial charge in [-0.25, -0.2) is 4.68 Å². The van der Waals surface area contributed by atoms with Crippen molar-refractivity contribution in [3.8, 4) is 22.6 Å². The van der Waals surface area contributed by atoms with Crippen LogP contribution in [0.4, 0.5) is 18.9 Å². The Bertz CT molecular complexity index is 1160. The summed E-state index contributed by atoms with van der Waals surface area (Å²) in [6.07, 6.45) is -3.08. The van der Waals surface area contributed by atoms with Crippen LogP contribution in [0, 0.1) is 0 Å². The summed E-state index contributed by atoms with van der Waals surface area (Å²) in [5, 5.41) is 7.77. The SMILES string of the molecule is FC(F)(F)c1cccc(-c2ccc([C@@H]3Nc4ccccc4-c4ccnn43)o2)c1. The van der Waals surface area contributed by atoms with Crippen molar-refractivity contribution in [1.29, 1.82) is 0 Å². The van der Waals surface area contributed by atoms with Crippen molar-refractivity contribution in [3.05, 3.63) is 84.3 Å². The standard InChI is InChI=1S/C21H14F3N3O/c22-21(23,24)14-5-3-4-13(12-14)18-8-9-19(28-18)20-26-16-7-2-1-6-15(16)17-10-11-25-27(17)20/h1-12,20,26H/t20-/m1/s1. The maximum atomic E-state index is 13.0. The van der Waals surface area contributed by atoms with Gasteiger partial charge in [0.05, 0.1) is 11.3 Å². The summed E-state index contributed by atoms with van der Waals surface area (Å²) < 4.78 is 46.7. The number of aromatic nitrogens is 2. The van der Waals surface area contributed by atoms with Crippen LogP contribution in [-0.2, 0) is 6.18 Å². The van der Waals surface area contributed by atoms with Crippen molar-refractivity contribution in [3.63, 3.8) is 0 Å². The number of nitrogens with zero attached hydrogens (tertiary/aromatic N) is 2. The average Bonchev–Trinajstić information content (AvgIpc) is 3.37. The highest BCUT2D eigenvalue weighted by Crippen LogP contribution is 2.39. The molecule has 2 aromatic heterocycles. The highest BCUT2D eigenvalue weighted by Gasteiger charge is 2.31. The van der Waals surface area contributed by atoms with Gasteiger partial charge in [0.25, 0.3) is 0 Å². The van der Waals surface area contributed by atoms with E-state index in [2.05, 4.69) is 10.4 Å². The fraction of sp³-hybridized carbons (Fsp3) is 0.0952. The smallest absolute Gasteiger partial charge is 0.416 e. The molecule has 28 heavy (non-hydrogen) atoms. The Labute approximate surface area is 158 Å². The molecule has 0 unspecified atom stereocenters. The van der Waals surface area contributed by atoms with E-state index in [4.69, 9.17) is 4.42 Å². The van der Waals surface area contributed by atoms with Gasteiger partial charge in [-0.1, -0.05) is 30.3 Å². The second-order valence-electron chi connectivity index (χ2n) is 6.53. The van der Waals surface area contributed by atoms with Gasteiger partial charge in [0.2, 0.25) is 0 Å². The van der Waals surface area contributed by atoms with Crippen LogP contribution < -0.4 is 5.32 Å². The summed E-state index contributed by atoms with van der Waals surface area (Å²) >= 11 is 0. The molecule has 140 valence electrons. The van der Waals surface area contributed by atoms with Crippen molar-refractivity contribution in [2.75, 3.05) is 5.32 Å². The van der Waals surface area contributed by atoms with Crippen molar-refractivity contribution in [2.24, 2.45) is 0 Å². The molecule has 0 aliphatic carbocycles. The molecule has 1 aliphatic heterocycles. The van der Waals surface area contributed by atoms with E-state index in [9.17, 15) is 13.2 Å². The van der Waals surface area contributed by atoms with Crippen LogP contribution in [0.5, 0.6) is 0 Å². The quantitative estimate of drug-likeness (QED) is 0.477. The van der Waals surface area contributed by atoms with Gasteiger partial charge in [-0.3, -0.25) is 0 Å². The number of alkyl halides is 3. The number of hydrogen-bond donors (Lipinski definition) is 1. The zero-order valence-electron chi connectivity index (χ0n) is 14.4. The summed E-state index contributed by atoms with van der Waals surface area (Å²) in [6, 6.07) is 18.3. The molecule has 5 rings (SSSR count). The van der Waals surface area contributed by atoms with Gasteiger partial charge >= 0.3 is 6.18 Å². The second kappa shape index (κ2) is 6.02. The lowest BCUT2D eigenvalue weighted by Gasteiger charge is -2.27. The highest BCUT2D eigenvalue weighted by atomic mass is 19.4. The number of furan rings is 1. The van der Waals surface area contributed by atoms with Crippen LogP contribution in [0.25, 0.3) is 22.6 Å².